The summed E-state index contributed by atoms with van der Waals surface area (Å²) < 4.78 is 0. The Morgan fingerprint density at radius 1 is 0.630 bits per heavy atom. The summed E-state index contributed by atoms with van der Waals surface area (Å²) in [7, 11) is 0. The summed E-state index contributed by atoms with van der Waals surface area (Å²) in [5.41, 5.74) is 5.42. The van der Waals surface area contributed by atoms with Crippen molar-refractivity contribution >= 4 is 11.4 Å². The number of anilines is 2. The van der Waals surface area contributed by atoms with Crippen LogP contribution in [0.1, 0.15) is 17.5 Å². The van der Waals surface area contributed by atoms with Crippen LogP contribution in [0.15, 0.2) is 73.3 Å². The van der Waals surface area contributed by atoms with Gasteiger partial charge in [-0.05, 0) is 66.8 Å². The molecule has 1 aromatic carbocycles. The van der Waals surface area contributed by atoms with Crippen molar-refractivity contribution in [2.45, 2.75) is 19.3 Å². The predicted octanol–water partition coefficient (Wildman–Crippen LogP) is 3.98. The van der Waals surface area contributed by atoms with Crippen molar-refractivity contribution in [1.29, 1.82) is 0 Å². The van der Waals surface area contributed by atoms with E-state index in [2.05, 4.69) is 68.3 Å². The lowest BCUT2D eigenvalue weighted by molar-refractivity contribution is 0.711. The molecular formula is C23H26N4. The fraction of sp³-hybridized carbons (Fsp3) is 0.304. The largest absolute Gasteiger partial charge is 0.369 e. The summed E-state index contributed by atoms with van der Waals surface area (Å²) >= 11 is 0. The van der Waals surface area contributed by atoms with Gasteiger partial charge in [0.05, 0.1) is 11.4 Å². The van der Waals surface area contributed by atoms with Crippen LogP contribution in [0.2, 0.25) is 0 Å². The second kappa shape index (κ2) is 8.67. The molecule has 138 valence electrons. The topological polar surface area (TPSA) is 32.3 Å². The Hall–Kier alpha value is -2.88. The molecule has 0 atom stereocenters. The highest BCUT2D eigenvalue weighted by molar-refractivity contribution is 5.72. The third kappa shape index (κ3) is 4.45. The molecule has 1 aliphatic rings. The van der Waals surface area contributed by atoms with Gasteiger partial charge in [-0.3, -0.25) is 9.97 Å². The SMILES string of the molecule is c1ccc2c(c1)N(CCc1ccncc1)CCCN2CCc1ccncc1. The number of fused-ring (bicyclic) bond motifs is 1. The van der Waals surface area contributed by atoms with Crippen LogP contribution >= 0.6 is 0 Å². The first kappa shape index (κ1) is 17.5. The molecule has 3 heterocycles. The summed E-state index contributed by atoms with van der Waals surface area (Å²) in [5.74, 6) is 0. The molecule has 4 rings (SSSR count). The van der Waals surface area contributed by atoms with Crippen LogP contribution in [0.3, 0.4) is 0 Å². The minimum atomic E-state index is 1.04. The molecule has 0 saturated carbocycles. The van der Waals surface area contributed by atoms with Crippen LogP contribution in [0.25, 0.3) is 0 Å². The molecule has 1 aliphatic heterocycles. The molecule has 0 N–H and O–H groups in total. The minimum absolute atomic E-state index is 1.04. The van der Waals surface area contributed by atoms with Crippen molar-refractivity contribution in [3.63, 3.8) is 0 Å². The van der Waals surface area contributed by atoms with E-state index in [1.165, 1.54) is 28.9 Å². The molecule has 2 aromatic heterocycles. The van der Waals surface area contributed by atoms with E-state index in [0.717, 1.165) is 39.0 Å². The van der Waals surface area contributed by atoms with Gasteiger partial charge >= 0.3 is 0 Å². The van der Waals surface area contributed by atoms with Crippen LogP contribution in [0.5, 0.6) is 0 Å². The molecule has 0 unspecified atom stereocenters. The zero-order valence-corrected chi connectivity index (χ0v) is 15.7. The lowest BCUT2D eigenvalue weighted by Gasteiger charge is -2.28. The van der Waals surface area contributed by atoms with Crippen molar-refractivity contribution in [2.75, 3.05) is 36.0 Å². The molecule has 0 radical (unpaired) electrons. The maximum atomic E-state index is 4.12. The van der Waals surface area contributed by atoms with E-state index < -0.39 is 0 Å². The summed E-state index contributed by atoms with van der Waals surface area (Å²) in [6.45, 7) is 4.29. The molecular weight excluding hydrogens is 332 g/mol. The maximum Gasteiger partial charge on any atom is 0.0604 e. The second-order valence-corrected chi connectivity index (χ2v) is 7.03. The molecule has 0 spiro atoms. The molecule has 0 amide bonds. The molecule has 0 fully saturated rings. The molecule has 4 heteroatoms. The molecule has 0 bridgehead atoms. The quantitative estimate of drug-likeness (QED) is 0.667. The van der Waals surface area contributed by atoms with Gasteiger partial charge < -0.3 is 9.80 Å². The number of aromatic nitrogens is 2. The normalized spacial score (nSPS) is 13.9. The third-order valence-corrected chi connectivity index (χ3v) is 5.26. The maximum absolute atomic E-state index is 4.12. The Morgan fingerprint density at radius 3 is 1.52 bits per heavy atom. The number of nitrogens with zero attached hydrogens (tertiary/aromatic N) is 4. The number of para-hydroxylation sites is 2. The molecule has 0 saturated heterocycles. The van der Waals surface area contributed by atoms with E-state index in [0.29, 0.717) is 0 Å². The van der Waals surface area contributed by atoms with E-state index >= 15 is 0 Å². The fourth-order valence-electron chi connectivity index (χ4n) is 3.78. The highest BCUT2D eigenvalue weighted by Crippen LogP contribution is 2.32. The lowest BCUT2D eigenvalue weighted by Crippen LogP contribution is -2.26. The van der Waals surface area contributed by atoms with Crippen molar-refractivity contribution in [3.05, 3.63) is 84.4 Å². The van der Waals surface area contributed by atoms with Gasteiger partial charge in [0.25, 0.3) is 0 Å². The zero-order valence-electron chi connectivity index (χ0n) is 15.7. The van der Waals surface area contributed by atoms with Crippen LogP contribution in [0, 0.1) is 0 Å². The van der Waals surface area contributed by atoms with Gasteiger partial charge in [0, 0.05) is 51.0 Å². The Morgan fingerprint density at radius 2 is 1.07 bits per heavy atom. The standard InChI is InChI=1S/C23H26N4/c1-2-5-23-22(4-1)26(18-10-20-6-12-24-13-7-20)16-3-17-27(23)19-11-21-8-14-25-15-9-21/h1-2,4-9,12-15H,3,10-11,16-19H2. The Labute approximate surface area is 161 Å². The molecule has 0 aliphatic carbocycles. The minimum Gasteiger partial charge on any atom is -0.369 e. The number of pyridine rings is 2. The average Bonchev–Trinajstić information content (AvgIpc) is 2.92. The first-order chi connectivity index (χ1) is 13.4. The smallest absolute Gasteiger partial charge is 0.0604 e. The Bertz CT molecular complexity index is 765. The molecule has 27 heavy (non-hydrogen) atoms. The van der Waals surface area contributed by atoms with Gasteiger partial charge in [0.2, 0.25) is 0 Å². The fourth-order valence-corrected chi connectivity index (χ4v) is 3.78. The lowest BCUT2D eigenvalue weighted by atomic mass is 10.1. The number of rotatable bonds is 6. The summed E-state index contributed by atoms with van der Waals surface area (Å²) in [6.07, 6.45) is 10.8. The van der Waals surface area contributed by atoms with Crippen molar-refractivity contribution in [3.8, 4) is 0 Å². The highest BCUT2D eigenvalue weighted by Gasteiger charge is 2.19. The molecule has 3 aromatic rings. The number of benzene rings is 1. The van der Waals surface area contributed by atoms with Crippen molar-refractivity contribution in [1.82, 2.24) is 9.97 Å². The van der Waals surface area contributed by atoms with Gasteiger partial charge in [-0.1, -0.05) is 12.1 Å². The van der Waals surface area contributed by atoms with Gasteiger partial charge in [-0.15, -0.1) is 0 Å². The van der Waals surface area contributed by atoms with E-state index in [1.807, 2.05) is 24.8 Å². The number of hydrogen-bond donors (Lipinski definition) is 0. The van der Waals surface area contributed by atoms with Crippen LogP contribution in [-0.4, -0.2) is 36.1 Å². The van der Waals surface area contributed by atoms with E-state index in [1.54, 1.807) is 0 Å². The van der Waals surface area contributed by atoms with Crippen LogP contribution in [-0.2, 0) is 12.8 Å². The Kier molecular flexibility index (Phi) is 5.63. The van der Waals surface area contributed by atoms with E-state index in [-0.39, 0.29) is 0 Å². The van der Waals surface area contributed by atoms with Crippen LogP contribution < -0.4 is 9.80 Å². The highest BCUT2D eigenvalue weighted by atomic mass is 15.2. The molecule has 4 nitrogen and oxygen atoms in total. The van der Waals surface area contributed by atoms with Crippen LogP contribution in [0.4, 0.5) is 11.4 Å². The summed E-state index contributed by atoms with van der Waals surface area (Å²) in [6, 6.07) is 17.3. The third-order valence-electron chi connectivity index (χ3n) is 5.26. The van der Waals surface area contributed by atoms with E-state index in [4.69, 9.17) is 0 Å². The first-order valence-corrected chi connectivity index (χ1v) is 9.77. The predicted molar refractivity (Wildman–Crippen MR) is 111 cm³/mol. The average molecular weight is 358 g/mol. The zero-order chi connectivity index (χ0) is 18.3. The summed E-state index contributed by atoms with van der Waals surface area (Å²) in [4.78, 5) is 13.3. The first-order valence-electron chi connectivity index (χ1n) is 9.77. The van der Waals surface area contributed by atoms with Crippen molar-refractivity contribution < 1.29 is 0 Å². The Balaban J connectivity index is 1.48. The second-order valence-electron chi connectivity index (χ2n) is 7.03. The van der Waals surface area contributed by atoms with Gasteiger partial charge in [0.1, 0.15) is 0 Å². The summed E-state index contributed by atoms with van der Waals surface area (Å²) in [5, 5.41) is 0. The number of hydrogen-bond acceptors (Lipinski definition) is 4. The van der Waals surface area contributed by atoms with E-state index in [9.17, 15) is 0 Å². The van der Waals surface area contributed by atoms with Gasteiger partial charge in [0.15, 0.2) is 0 Å². The van der Waals surface area contributed by atoms with Crippen molar-refractivity contribution in [2.24, 2.45) is 0 Å². The van der Waals surface area contributed by atoms with Gasteiger partial charge in [-0.2, -0.15) is 0 Å². The monoisotopic (exact) mass is 358 g/mol. The van der Waals surface area contributed by atoms with Gasteiger partial charge in [-0.25, -0.2) is 0 Å².